The Bertz CT molecular complexity index is 1390. The van der Waals surface area contributed by atoms with E-state index in [9.17, 15) is 19.4 Å². The number of phosphoric acid groups is 1. The molecule has 0 saturated heterocycles. The van der Waals surface area contributed by atoms with Gasteiger partial charge < -0.3 is 19.8 Å². The van der Waals surface area contributed by atoms with Gasteiger partial charge in [0.1, 0.15) is 13.2 Å². The Hall–Kier alpha value is -1.80. The minimum atomic E-state index is -4.37. The lowest BCUT2D eigenvalue weighted by atomic mass is 10.0. The van der Waals surface area contributed by atoms with Gasteiger partial charge in [-0.05, 0) is 77.0 Å². The maximum Gasteiger partial charge on any atom is 0.472 e. The lowest BCUT2D eigenvalue weighted by Gasteiger charge is -2.25. The predicted molar refractivity (Wildman–Crippen MR) is 323 cm³/mol. The molecule has 3 atom stereocenters. The molecule has 0 fully saturated rings. The highest BCUT2D eigenvalue weighted by molar-refractivity contribution is 7.47. The molecule has 0 aliphatic heterocycles. The number of amides is 1. The Morgan fingerprint density at radius 2 is 0.784 bits per heavy atom. The van der Waals surface area contributed by atoms with E-state index in [1.54, 1.807) is 6.08 Å². The molecule has 0 heterocycles. The first-order chi connectivity index (χ1) is 36.0. The molecule has 0 aromatic heterocycles. The molecule has 3 unspecified atom stereocenters. The predicted octanol–water partition coefficient (Wildman–Crippen LogP) is 19.7. The summed E-state index contributed by atoms with van der Waals surface area (Å²) in [5.41, 5.74) is 0. The van der Waals surface area contributed by atoms with Crippen LogP contribution in [0.25, 0.3) is 0 Å². The standard InChI is InChI=1S/C65H123N2O6P/c1-6-8-10-12-14-16-18-20-22-24-26-28-30-31-32-33-34-35-37-38-40-42-44-46-48-50-52-54-56-58-64(68)63(62-73-74(70,71)72-61-60-67(3,4)5)66-65(69)59-57-55-53-51-49-47-45-43-41-39-36-29-27-25-23-21-19-17-15-13-11-9-7-2/h19,21,25,27,40,42,48,50,56,58,63-64,68H,6-18,20,22-24,26,28-39,41,43-47,49,51-55,57,59-62H2,1-5H3,(H-,66,69,70,71)/p+1/b21-19-,27-25-,42-40+,50-48+,58-56+. The van der Waals surface area contributed by atoms with Crippen molar-refractivity contribution in [3.63, 3.8) is 0 Å². The third kappa shape index (κ3) is 57.9. The van der Waals surface area contributed by atoms with E-state index in [1.165, 1.54) is 225 Å². The number of likely N-dealkylation sites (N-methyl/N-ethyl adjacent to an activating group) is 1. The summed E-state index contributed by atoms with van der Waals surface area (Å²) in [6, 6.07) is -0.874. The monoisotopic (exact) mass is 1060 g/mol. The number of hydrogen-bond acceptors (Lipinski definition) is 5. The van der Waals surface area contributed by atoms with Crippen molar-refractivity contribution >= 4 is 13.7 Å². The van der Waals surface area contributed by atoms with Crippen LogP contribution in [0, 0.1) is 0 Å². The molecule has 3 N–H and O–H groups in total. The van der Waals surface area contributed by atoms with Gasteiger partial charge in [-0.2, -0.15) is 0 Å². The molecular formula is C65H124N2O6P+. The minimum Gasteiger partial charge on any atom is -0.387 e. The fraction of sp³-hybridized carbons (Fsp3) is 0.831. The SMILES string of the molecule is CCCCCCC/C=C\C/C=C\CCCCCCCCCCCCCC(=O)NC(COP(=O)(O)OCC[N+](C)(C)C)C(O)/C=C/CC/C=C/CC/C=C/CCCCCCCCCCCCCCCCCCCCC. The Kier molecular flexibility index (Phi) is 54.6. The number of allylic oxidation sites excluding steroid dienone is 9. The summed E-state index contributed by atoms with van der Waals surface area (Å²) in [7, 11) is 1.55. The lowest BCUT2D eigenvalue weighted by molar-refractivity contribution is -0.870. The van der Waals surface area contributed by atoms with Crippen LogP contribution in [0.3, 0.4) is 0 Å². The summed E-state index contributed by atoms with van der Waals surface area (Å²) >= 11 is 0. The number of rotatable bonds is 58. The van der Waals surface area contributed by atoms with Crippen molar-refractivity contribution in [3.8, 4) is 0 Å². The van der Waals surface area contributed by atoms with Gasteiger partial charge in [0.25, 0.3) is 0 Å². The third-order valence-corrected chi connectivity index (χ3v) is 15.2. The first-order valence-electron chi connectivity index (χ1n) is 31.7. The van der Waals surface area contributed by atoms with Crippen LogP contribution in [0.5, 0.6) is 0 Å². The van der Waals surface area contributed by atoms with E-state index in [4.69, 9.17) is 9.05 Å². The summed E-state index contributed by atoms with van der Waals surface area (Å²) in [5.74, 6) is -0.192. The molecule has 0 aliphatic rings. The van der Waals surface area contributed by atoms with E-state index in [0.717, 1.165) is 51.4 Å². The van der Waals surface area contributed by atoms with Crippen LogP contribution in [-0.4, -0.2) is 73.4 Å². The second kappa shape index (κ2) is 55.9. The lowest BCUT2D eigenvalue weighted by Crippen LogP contribution is -2.45. The molecule has 1 amide bonds. The van der Waals surface area contributed by atoms with Crippen molar-refractivity contribution in [3.05, 3.63) is 60.8 Å². The highest BCUT2D eigenvalue weighted by Gasteiger charge is 2.27. The third-order valence-electron chi connectivity index (χ3n) is 14.2. The van der Waals surface area contributed by atoms with Crippen LogP contribution >= 0.6 is 7.82 Å². The number of hydrogen-bond donors (Lipinski definition) is 3. The van der Waals surface area contributed by atoms with Crippen molar-refractivity contribution < 1.29 is 32.9 Å². The molecule has 0 aliphatic carbocycles. The van der Waals surface area contributed by atoms with Gasteiger partial charge in [-0.25, -0.2) is 4.57 Å². The average Bonchev–Trinajstić information content (AvgIpc) is 3.36. The van der Waals surface area contributed by atoms with E-state index < -0.39 is 20.0 Å². The van der Waals surface area contributed by atoms with Gasteiger partial charge in [0.05, 0.1) is 39.9 Å². The van der Waals surface area contributed by atoms with Gasteiger partial charge >= 0.3 is 7.82 Å². The molecule has 0 aromatic rings. The molecule has 74 heavy (non-hydrogen) atoms. The van der Waals surface area contributed by atoms with Gasteiger partial charge in [-0.1, -0.05) is 274 Å². The van der Waals surface area contributed by atoms with Crippen molar-refractivity contribution in [2.45, 2.75) is 309 Å². The average molecular weight is 1060 g/mol. The zero-order chi connectivity index (χ0) is 54.2. The number of nitrogens with zero attached hydrogens (tertiary/aromatic N) is 1. The van der Waals surface area contributed by atoms with Crippen LogP contribution in [0.1, 0.15) is 296 Å². The van der Waals surface area contributed by atoms with Crippen LogP contribution < -0.4 is 5.32 Å². The summed E-state index contributed by atoms with van der Waals surface area (Å²) in [4.78, 5) is 23.3. The number of aliphatic hydroxyl groups excluding tert-OH is 1. The molecule has 0 radical (unpaired) electrons. The minimum absolute atomic E-state index is 0.0518. The smallest absolute Gasteiger partial charge is 0.387 e. The molecule has 0 saturated carbocycles. The van der Waals surface area contributed by atoms with Crippen molar-refractivity contribution in [1.82, 2.24) is 5.32 Å². The second-order valence-corrected chi connectivity index (χ2v) is 24.2. The number of carbonyl (C=O) groups is 1. The van der Waals surface area contributed by atoms with Crippen LogP contribution in [0.15, 0.2) is 60.8 Å². The molecule has 434 valence electrons. The van der Waals surface area contributed by atoms with Crippen LogP contribution in [0.2, 0.25) is 0 Å². The zero-order valence-corrected chi connectivity index (χ0v) is 50.5. The molecule has 0 rings (SSSR count). The Morgan fingerprint density at radius 1 is 0.459 bits per heavy atom. The highest BCUT2D eigenvalue weighted by atomic mass is 31.2. The van der Waals surface area contributed by atoms with E-state index in [1.807, 2.05) is 27.2 Å². The molecule has 9 heteroatoms. The van der Waals surface area contributed by atoms with Gasteiger partial charge in [0.15, 0.2) is 0 Å². The van der Waals surface area contributed by atoms with Gasteiger partial charge in [-0.15, -0.1) is 0 Å². The quantitative estimate of drug-likeness (QED) is 0.0243. The Balaban J connectivity index is 4.22. The first-order valence-corrected chi connectivity index (χ1v) is 33.2. The first kappa shape index (κ1) is 72.2. The fourth-order valence-corrected chi connectivity index (χ4v) is 9.96. The van der Waals surface area contributed by atoms with Gasteiger partial charge in [-0.3, -0.25) is 13.8 Å². The summed E-state index contributed by atoms with van der Waals surface area (Å²) in [5, 5.41) is 13.9. The number of unbranched alkanes of at least 4 members (excludes halogenated alkanes) is 37. The summed E-state index contributed by atoms with van der Waals surface area (Å²) in [6.07, 6.45) is 76.3. The Morgan fingerprint density at radius 3 is 1.16 bits per heavy atom. The molecule has 0 bridgehead atoms. The maximum atomic E-state index is 13.0. The van der Waals surface area contributed by atoms with E-state index >= 15 is 0 Å². The van der Waals surface area contributed by atoms with Crippen molar-refractivity contribution in [2.24, 2.45) is 0 Å². The van der Waals surface area contributed by atoms with Gasteiger partial charge in [0.2, 0.25) is 5.91 Å². The van der Waals surface area contributed by atoms with E-state index in [2.05, 4.69) is 67.8 Å². The van der Waals surface area contributed by atoms with Crippen molar-refractivity contribution in [1.29, 1.82) is 0 Å². The van der Waals surface area contributed by atoms with E-state index in [0.29, 0.717) is 17.4 Å². The van der Waals surface area contributed by atoms with Gasteiger partial charge in [0, 0.05) is 6.42 Å². The number of nitrogens with one attached hydrogen (secondary N) is 1. The molecule has 8 nitrogen and oxygen atoms in total. The topological polar surface area (TPSA) is 105 Å². The second-order valence-electron chi connectivity index (χ2n) is 22.8. The van der Waals surface area contributed by atoms with Crippen LogP contribution in [-0.2, 0) is 18.4 Å². The largest absolute Gasteiger partial charge is 0.472 e. The summed E-state index contributed by atoms with van der Waals surface area (Å²) < 4.78 is 23.7. The number of quaternary nitrogens is 1. The fourth-order valence-electron chi connectivity index (χ4n) is 9.22. The molecule has 0 aromatic carbocycles. The Labute approximate surface area is 460 Å². The van der Waals surface area contributed by atoms with Crippen LogP contribution in [0.4, 0.5) is 0 Å². The molecular weight excluding hydrogens is 936 g/mol. The number of phosphoric ester groups is 1. The number of carbonyl (C=O) groups excluding carboxylic acids is 1. The summed E-state index contributed by atoms with van der Waals surface area (Å²) in [6.45, 7) is 4.81. The highest BCUT2D eigenvalue weighted by Crippen LogP contribution is 2.43. The van der Waals surface area contributed by atoms with E-state index in [-0.39, 0.29) is 19.1 Å². The van der Waals surface area contributed by atoms with Crippen molar-refractivity contribution in [2.75, 3.05) is 40.9 Å². The molecule has 0 spiro atoms. The maximum absolute atomic E-state index is 13.0. The number of aliphatic hydroxyl groups is 1. The normalized spacial score (nSPS) is 14.2. The zero-order valence-electron chi connectivity index (χ0n) is 49.6.